The topological polar surface area (TPSA) is 76.2 Å². The molecule has 2 aromatic rings. The number of fused-ring (bicyclic) bond motifs is 1. The van der Waals surface area contributed by atoms with Crippen molar-refractivity contribution in [3.63, 3.8) is 0 Å². The van der Waals surface area contributed by atoms with Crippen molar-refractivity contribution >= 4 is 16.7 Å². The van der Waals surface area contributed by atoms with Crippen LogP contribution in [0.4, 0.5) is 13.2 Å². The Morgan fingerprint density at radius 1 is 1.26 bits per heavy atom. The zero-order chi connectivity index (χ0) is 14.3. The fourth-order valence-corrected chi connectivity index (χ4v) is 1.85. The van der Waals surface area contributed by atoms with Gasteiger partial charge in [-0.05, 0) is 11.5 Å². The Balaban J connectivity index is 2.82. The van der Waals surface area contributed by atoms with Crippen LogP contribution in [-0.2, 0) is 10.3 Å². The van der Waals surface area contributed by atoms with Crippen molar-refractivity contribution in [2.75, 3.05) is 0 Å². The summed E-state index contributed by atoms with van der Waals surface area (Å²) in [5, 5.41) is 9.42. The zero-order valence-electron chi connectivity index (χ0n) is 9.48. The van der Waals surface area contributed by atoms with Crippen LogP contribution < -0.4 is 5.73 Å². The van der Waals surface area contributed by atoms with Crippen molar-refractivity contribution in [2.24, 2.45) is 5.73 Å². The number of nitrogens with zero attached hydrogens (tertiary/aromatic N) is 1. The molecule has 4 nitrogen and oxygen atoms in total. The minimum Gasteiger partial charge on any atom is -0.479 e. The van der Waals surface area contributed by atoms with Crippen LogP contribution in [0.3, 0.4) is 0 Å². The van der Waals surface area contributed by atoms with Gasteiger partial charge in [-0.2, -0.15) is 13.2 Å². The summed E-state index contributed by atoms with van der Waals surface area (Å²) in [5.41, 5.74) is 1.16. The maximum atomic E-state index is 13.0. The van der Waals surface area contributed by atoms with Crippen molar-refractivity contribution in [2.45, 2.75) is 11.7 Å². The lowest BCUT2D eigenvalue weighted by Gasteiger charge is -2.28. The van der Waals surface area contributed by atoms with E-state index in [1.807, 2.05) is 0 Å². The minimum absolute atomic E-state index is 0.0622. The Labute approximate surface area is 105 Å². The SMILES string of the molecule is NC(C(=O)O)(c1cccc2ccncc12)C(F)(F)F. The average Bonchev–Trinajstić information content (AvgIpc) is 2.35. The molecular formula is C12H9F3N2O2. The molecular weight excluding hydrogens is 261 g/mol. The van der Waals surface area contributed by atoms with Crippen molar-refractivity contribution < 1.29 is 23.1 Å². The molecule has 0 amide bonds. The van der Waals surface area contributed by atoms with E-state index in [1.54, 1.807) is 6.07 Å². The summed E-state index contributed by atoms with van der Waals surface area (Å²) in [7, 11) is 0. The fourth-order valence-electron chi connectivity index (χ4n) is 1.85. The number of halogens is 3. The molecule has 0 fully saturated rings. The Morgan fingerprint density at radius 2 is 1.95 bits per heavy atom. The van der Waals surface area contributed by atoms with Crippen LogP contribution in [0.15, 0.2) is 36.7 Å². The van der Waals surface area contributed by atoms with Crippen molar-refractivity contribution in [3.05, 3.63) is 42.2 Å². The number of aliphatic carboxylic acids is 1. The van der Waals surface area contributed by atoms with Gasteiger partial charge in [0.2, 0.25) is 5.54 Å². The standard InChI is InChI=1S/C12H9F3N2O2/c13-12(14,15)11(16,10(18)19)9-3-1-2-7-4-5-17-6-8(7)9/h1-6H,16H2,(H,18,19). The van der Waals surface area contributed by atoms with Gasteiger partial charge < -0.3 is 10.8 Å². The number of carbonyl (C=O) groups is 1. The molecule has 1 atom stereocenters. The van der Waals surface area contributed by atoms with Gasteiger partial charge in [0.05, 0.1) is 0 Å². The second-order valence-electron chi connectivity index (χ2n) is 4.01. The molecule has 0 aliphatic rings. The molecule has 2 rings (SSSR count). The first-order valence-corrected chi connectivity index (χ1v) is 5.20. The molecule has 0 bridgehead atoms. The molecule has 19 heavy (non-hydrogen) atoms. The molecule has 1 aromatic carbocycles. The van der Waals surface area contributed by atoms with Gasteiger partial charge in [0.25, 0.3) is 0 Å². The lowest BCUT2D eigenvalue weighted by molar-refractivity contribution is -0.204. The lowest BCUT2D eigenvalue weighted by atomic mass is 9.87. The number of carboxylic acids is 1. The van der Waals surface area contributed by atoms with Gasteiger partial charge in [0, 0.05) is 23.3 Å². The summed E-state index contributed by atoms with van der Waals surface area (Å²) in [6.45, 7) is 0. The number of benzene rings is 1. The molecule has 1 heterocycles. The van der Waals surface area contributed by atoms with Crippen LogP contribution in [-0.4, -0.2) is 22.2 Å². The van der Waals surface area contributed by atoms with Gasteiger partial charge in [-0.1, -0.05) is 18.2 Å². The number of nitrogens with two attached hydrogens (primary N) is 1. The van der Waals surface area contributed by atoms with E-state index in [4.69, 9.17) is 10.8 Å². The van der Waals surface area contributed by atoms with E-state index in [-0.39, 0.29) is 5.39 Å². The maximum Gasteiger partial charge on any atom is 0.421 e. The predicted octanol–water partition coefficient (Wildman–Crippen LogP) is 2.04. The smallest absolute Gasteiger partial charge is 0.421 e. The normalized spacial score (nSPS) is 15.2. The van der Waals surface area contributed by atoms with E-state index in [0.717, 1.165) is 6.07 Å². The van der Waals surface area contributed by atoms with Crippen LogP contribution in [0.1, 0.15) is 5.56 Å². The number of hydrogen-bond donors (Lipinski definition) is 2. The number of hydrogen-bond acceptors (Lipinski definition) is 3. The highest BCUT2D eigenvalue weighted by atomic mass is 19.4. The van der Waals surface area contributed by atoms with Crippen LogP contribution in [0.5, 0.6) is 0 Å². The Kier molecular flexibility index (Phi) is 2.94. The first-order chi connectivity index (χ1) is 8.78. The highest BCUT2D eigenvalue weighted by Gasteiger charge is 2.60. The summed E-state index contributed by atoms with van der Waals surface area (Å²) < 4.78 is 39.1. The summed E-state index contributed by atoms with van der Waals surface area (Å²) in [6, 6.07) is 5.41. The van der Waals surface area contributed by atoms with E-state index in [1.165, 1.54) is 24.5 Å². The molecule has 3 N–H and O–H groups in total. The van der Waals surface area contributed by atoms with Crippen LogP contribution in [0.2, 0.25) is 0 Å². The number of alkyl halides is 3. The number of carboxylic acid groups (broad SMARTS) is 1. The second-order valence-corrected chi connectivity index (χ2v) is 4.01. The average molecular weight is 270 g/mol. The third kappa shape index (κ3) is 1.91. The third-order valence-electron chi connectivity index (χ3n) is 2.89. The summed E-state index contributed by atoms with van der Waals surface area (Å²) >= 11 is 0. The quantitative estimate of drug-likeness (QED) is 0.875. The van der Waals surface area contributed by atoms with E-state index < -0.39 is 23.2 Å². The molecule has 0 radical (unpaired) electrons. The first-order valence-electron chi connectivity index (χ1n) is 5.20. The number of pyridine rings is 1. The minimum atomic E-state index is -5.12. The number of rotatable bonds is 2. The van der Waals surface area contributed by atoms with Gasteiger partial charge in [-0.25, -0.2) is 4.79 Å². The molecule has 100 valence electrons. The molecule has 0 aliphatic carbocycles. The van der Waals surface area contributed by atoms with Gasteiger partial charge >= 0.3 is 12.1 Å². The van der Waals surface area contributed by atoms with Crippen molar-refractivity contribution in [1.29, 1.82) is 0 Å². The van der Waals surface area contributed by atoms with E-state index in [9.17, 15) is 18.0 Å². The Hall–Kier alpha value is -2.15. The van der Waals surface area contributed by atoms with E-state index >= 15 is 0 Å². The van der Waals surface area contributed by atoms with Crippen LogP contribution >= 0.6 is 0 Å². The summed E-state index contributed by atoms with van der Waals surface area (Å²) in [5.74, 6) is -2.16. The summed E-state index contributed by atoms with van der Waals surface area (Å²) in [6.07, 6.45) is -2.55. The molecule has 1 aromatic heterocycles. The molecule has 7 heteroatoms. The van der Waals surface area contributed by atoms with Gasteiger partial charge in [0.15, 0.2) is 0 Å². The molecule has 0 aliphatic heterocycles. The van der Waals surface area contributed by atoms with E-state index in [0.29, 0.717) is 5.39 Å². The van der Waals surface area contributed by atoms with E-state index in [2.05, 4.69) is 4.98 Å². The van der Waals surface area contributed by atoms with Crippen LogP contribution in [0.25, 0.3) is 10.8 Å². The van der Waals surface area contributed by atoms with Gasteiger partial charge in [-0.15, -0.1) is 0 Å². The highest BCUT2D eigenvalue weighted by molar-refractivity contribution is 5.92. The molecule has 0 saturated carbocycles. The highest BCUT2D eigenvalue weighted by Crippen LogP contribution is 2.39. The lowest BCUT2D eigenvalue weighted by Crippen LogP contribution is -2.56. The maximum absolute atomic E-state index is 13.0. The number of aromatic nitrogens is 1. The molecule has 0 spiro atoms. The van der Waals surface area contributed by atoms with Gasteiger partial charge in [-0.3, -0.25) is 4.98 Å². The zero-order valence-corrected chi connectivity index (χ0v) is 9.48. The van der Waals surface area contributed by atoms with Crippen LogP contribution in [0, 0.1) is 0 Å². The molecule has 0 saturated heterocycles. The summed E-state index contributed by atoms with van der Waals surface area (Å²) in [4.78, 5) is 14.8. The van der Waals surface area contributed by atoms with Gasteiger partial charge in [0.1, 0.15) is 0 Å². The predicted molar refractivity (Wildman–Crippen MR) is 61.3 cm³/mol. The third-order valence-corrected chi connectivity index (χ3v) is 2.89. The monoisotopic (exact) mass is 270 g/mol. The molecule has 1 unspecified atom stereocenters. The fraction of sp³-hybridized carbons (Fsp3) is 0.167. The van der Waals surface area contributed by atoms with Crippen molar-refractivity contribution in [3.8, 4) is 0 Å². The second kappa shape index (κ2) is 4.20. The first kappa shape index (κ1) is 13.3. The van der Waals surface area contributed by atoms with Crippen molar-refractivity contribution in [1.82, 2.24) is 4.98 Å². The largest absolute Gasteiger partial charge is 0.479 e. The Bertz CT molecular complexity index is 637. The Morgan fingerprint density at radius 3 is 2.53 bits per heavy atom.